The molecule has 0 spiro atoms. The molecule has 172 valence electrons. The van der Waals surface area contributed by atoms with Gasteiger partial charge in [0, 0.05) is 32.5 Å². The van der Waals surface area contributed by atoms with Crippen LogP contribution in [0.3, 0.4) is 0 Å². The number of aliphatic hydroxyl groups is 1. The Labute approximate surface area is 188 Å². The van der Waals surface area contributed by atoms with E-state index in [2.05, 4.69) is 9.97 Å². The van der Waals surface area contributed by atoms with E-state index in [0.717, 1.165) is 17.7 Å². The average Bonchev–Trinajstić information content (AvgIpc) is 3.34. The van der Waals surface area contributed by atoms with Crippen LogP contribution in [-0.4, -0.2) is 58.7 Å². The number of ketones is 1. The summed E-state index contributed by atoms with van der Waals surface area (Å²) in [5.74, 6) is 1.19. The van der Waals surface area contributed by atoms with Crippen molar-refractivity contribution in [1.29, 1.82) is 0 Å². The molecule has 2 fully saturated rings. The van der Waals surface area contributed by atoms with E-state index in [0.29, 0.717) is 39.0 Å². The Morgan fingerprint density at radius 2 is 1.94 bits per heavy atom. The third-order valence-electron chi connectivity index (χ3n) is 6.29. The van der Waals surface area contributed by atoms with Crippen LogP contribution in [0.2, 0.25) is 0 Å². The first-order valence-corrected chi connectivity index (χ1v) is 11.2. The standard InChI is InChI=1S/C24H31FN4O3/c1-16(12-17(2)30)18-4-6-19(7-5-18)32-20-8-10-28(13-20)22-21(25)23(27-15-26-22)29-11-9-24(3,31)14-29/h4-7,15-16,20,31H,8-14H2,1-3H3/t16-,20-,24+/m1/s1. The predicted octanol–water partition coefficient (Wildman–Crippen LogP) is 3.32. The second kappa shape index (κ2) is 9.02. The first-order chi connectivity index (χ1) is 15.2. The summed E-state index contributed by atoms with van der Waals surface area (Å²) in [6, 6.07) is 7.85. The SMILES string of the molecule is CC(=O)C[C@@H](C)c1ccc(O[C@@H]2CCN(c3ncnc(N4CC[C@](C)(O)C4)c3F)C2)cc1. The molecule has 1 N–H and O–H groups in total. The van der Waals surface area contributed by atoms with Gasteiger partial charge in [-0.05, 0) is 43.9 Å². The first-order valence-electron chi connectivity index (χ1n) is 11.2. The van der Waals surface area contributed by atoms with E-state index in [-0.39, 0.29) is 29.4 Å². The molecule has 2 saturated heterocycles. The molecular weight excluding hydrogens is 411 g/mol. The highest BCUT2D eigenvalue weighted by Crippen LogP contribution is 2.32. The number of aromatic nitrogens is 2. The van der Waals surface area contributed by atoms with Gasteiger partial charge in [-0.2, -0.15) is 4.39 Å². The van der Waals surface area contributed by atoms with Crippen LogP contribution < -0.4 is 14.5 Å². The minimum atomic E-state index is -0.830. The Balaban J connectivity index is 1.39. The van der Waals surface area contributed by atoms with Crippen LogP contribution >= 0.6 is 0 Å². The maximum Gasteiger partial charge on any atom is 0.208 e. The van der Waals surface area contributed by atoms with E-state index in [1.165, 1.54) is 6.33 Å². The van der Waals surface area contributed by atoms with Crippen LogP contribution in [0, 0.1) is 5.82 Å². The fourth-order valence-electron chi connectivity index (χ4n) is 4.55. The molecule has 0 saturated carbocycles. The quantitative estimate of drug-likeness (QED) is 0.705. The molecule has 32 heavy (non-hydrogen) atoms. The minimum Gasteiger partial charge on any atom is -0.489 e. The van der Waals surface area contributed by atoms with Gasteiger partial charge in [-0.25, -0.2) is 9.97 Å². The maximum absolute atomic E-state index is 15.2. The lowest BCUT2D eigenvalue weighted by atomic mass is 9.96. The Morgan fingerprint density at radius 1 is 1.25 bits per heavy atom. The number of carbonyl (C=O) groups is 1. The monoisotopic (exact) mass is 442 g/mol. The van der Waals surface area contributed by atoms with Crippen molar-refractivity contribution < 1.29 is 19.0 Å². The molecule has 1 aromatic heterocycles. The Hall–Kier alpha value is -2.74. The Morgan fingerprint density at radius 3 is 2.56 bits per heavy atom. The van der Waals surface area contributed by atoms with Gasteiger partial charge in [0.05, 0.1) is 12.1 Å². The summed E-state index contributed by atoms with van der Waals surface area (Å²) in [6.45, 7) is 7.50. The highest BCUT2D eigenvalue weighted by atomic mass is 19.1. The van der Waals surface area contributed by atoms with E-state index in [1.54, 1.807) is 18.7 Å². The normalized spacial score (nSPS) is 24.1. The van der Waals surface area contributed by atoms with Gasteiger partial charge in [-0.3, -0.25) is 0 Å². The van der Waals surface area contributed by atoms with Crippen LogP contribution in [0.4, 0.5) is 16.0 Å². The molecule has 4 rings (SSSR count). The number of rotatable bonds is 7. The zero-order chi connectivity index (χ0) is 22.9. The number of hydrogen-bond acceptors (Lipinski definition) is 7. The van der Waals surface area contributed by atoms with Gasteiger partial charge in [0.15, 0.2) is 11.6 Å². The smallest absolute Gasteiger partial charge is 0.208 e. The number of hydrogen-bond donors (Lipinski definition) is 1. The van der Waals surface area contributed by atoms with Crippen molar-refractivity contribution in [3.05, 3.63) is 42.0 Å². The third-order valence-corrected chi connectivity index (χ3v) is 6.29. The van der Waals surface area contributed by atoms with E-state index in [9.17, 15) is 9.90 Å². The van der Waals surface area contributed by atoms with Crippen molar-refractivity contribution in [3.8, 4) is 5.75 Å². The number of ether oxygens (including phenoxy) is 1. The van der Waals surface area contributed by atoms with Crippen molar-refractivity contribution >= 4 is 17.4 Å². The summed E-state index contributed by atoms with van der Waals surface area (Å²) in [5.41, 5.74) is 0.279. The summed E-state index contributed by atoms with van der Waals surface area (Å²) < 4.78 is 21.4. The van der Waals surface area contributed by atoms with Gasteiger partial charge in [-0.15, -0.1) is 0 Å². The van der Waals surface area contributed by atoms with Gasteiger partial charge in [-0.1, -0.05) is 19.1 Å². The van der Waals surface area contributed by atoms with Gasteiger partial charge in [0.25, 0.3) is 0 Å². The zero-order valence-electron chi connectivity index (χ0n) is 18.9. The third kappa shape index (κ3) is 5.01. The molecule has 0 amide bonds. The van der Waals surface area contributed by atoms with E-state index < -0.39 is 11.4 Å². The molecular formula is C24H31FN4O3. The summed E-state index contributed by atoms with van der Waals surface area (Å²) in [5, 5.41) is 10.2. The van der Waals surface area contributed by atoms with Gasteiger partial charge >= 0.3 is 0 Å². The molecule has 0 radical (unpaired) electrons. The zero-order valence-corrected chi connectivity index (χ0v) is 18.9. The van der Waals surface area contributed by atoms with Gasteiger partial charge in [0.2, 0.25) is 5.82 Å². The highest BCUT2D eigenvalue weighted by Gasteiger charge is 2.35. The van der Waals surface area contributed by atoms with E-state index >= 15 is 4.39 Å². The molecule has 1 aromatic carbocycles. The minimum absolute atomic E-state index is 0.0687. The molecule has 2 aliphatic heterocycles. The molecule has 7 nitrogen and oxygen atoms in total. The second-order valence-electron chi connectivity index (χ2n) is 9.35. The fraction of sp³-hybridized carbons (Fsp3) is 0.542. The molecule has 0 bridgehead atoms. The molecule has 2 aliphatic rings. The Bertz CT molecular complexity index is 966. The summed E-state index contributed by atoms with van der Waals surface area (Å²) in [4.78, 5) is 23.3. The number of β-amino-alcohol motifs (C(OH)–C–C–N with tert-alkyl or cyclic N) is 1. The van der Waals surface area contributed by atoms with Crippen LogP contribution in [-0.2, 0) is 4.79 Å². The van der Waals surface area contributed by atoms with Crippen LogP contribution in [0.1, 0.15) is 51.5 Å². The molecule has 0 aliphatic carbocycles. The maximum atomic E-state index is 15.2. The van der Waals surface area contributed by atoms with Crippen molar-refractivity contribution in [2.24, 2.45) is 0 Å². The number of nitrogens with zero attached hydrogens (tertiary/aromatic N) is 4. The lowest BCUT2D eigenvalue weighted by molar-refractivity contribution is -0.117. The summed E-state index contributed by atoms with van der Waals surface area (Å²) >= 11 is 0. The average molecular weight is 443 g/mol. The molecule has 2 aromatic rings. The lowest BCUT2D eigenvalue weighted by Crippen LogP contribution is -2.31. The topological polar surface area (TPSA) is 78.8 Å². The summed E-state index contributed by atoms with van der Waals surface area (Å²) in [7, 11) is 0. The number of benzene rings is 1. The van der Waals surface area contributed by atoms with Crippen LogP contribution in [0.5, 0.6) is 5.75 Å². The Kier molecular flexibility index (Phi) is 6.33. The molecule has 8 heteroatoms. The largest absolute Gasteiger partial charge is 0.489 e. The van der Waals surface area contributed by atoms with Crippen molar-refractivity contribution in [2.45, 2.75) is 57.7 Å². The predicted molar refractivity (Wildman–Crippen MR) is 121 cm³/mol. The molecule has 3 atom stereocenters. The number of halogens is 1. The first kappa shape index (κ1) is 22.5. The molecule has 3 heterocycles. The number of carbonyl (C=O) groups excluding carboxylic acids is 1. The molecule has 0 unspecified atom stereocenters. The van der Waals surface area contributed by atoms with Crippen molar-refractivity contribution in [1.82, 2.24) is 9.97 Å². The van der Waals surface area contributed by atoms with Crippen molar-refractivity contribution in [3.63, 3.8) is 0 Å². The van der Waals surface area contributed by atoms with E-state index in [1.807, 2.05) is 36.1 Å². The number of Topliss-reactive ketones (excluding diaryl/α,β-unsaturated/α-hetero) is 1. The summed E-state index contributed by atoms with van der Waals surface area (Å²) in [6.07, 6.45) is 3.19. The number of anilines is 2. The van der Waals surface area contributed by atoms with E-state index in [4.69, 9.17) is 4.74 Å². The van der Waals surface area contributed by atoms with Crippen LogP contribution in [0.25, 0.3) is 0 Å². The highest BCUT2D eigenvalue weighted by molar-refractivity contribution is 5.76. The van der Waals surface area contributed by atoms with Crippen molar-refractivity contribution in [2.75, 3.05) is 36.0 Å². The fourth-order valence-corrected chi connectivity index (χ4v) is 4.55. The van der Waals surface area contributed by atoms with Crippen LogP contribution in [0.15, 0.2) is 30.6 Å². The second-order valence-corrected chi connectivity index (χ2v) is 9.35. The van der Waals surface area contributed by atoms with Gasteiger partial charge in [0.1, 0.15) is 24.0 Å². The lowest BCUT2D eigenvalue weighted by Gasteiger charge is -2.23. The van der Waals surface area contributed by atoms with Gasteiger partial charge < -0.3 is 24.4 Å².